The number of alkyl halides is 6. The fraction of sp³-hybridized carbons (Fsp3) is 1.00. The van der Waals surface area contributed by atoms with Gasteiger partial charge in [-0.25, -0.2) is 13.2 Å². The number of halogens is 6. The molecule has 0 aliphatic carbocycles. The molecular weight excluding hydrogens is 241 g/mol. The average Bonchev–Trinajstić information content (AvgIpc) is 1.79. The molecule has 2 N–H and O–H groups in total. The van der Waals surface area contributed by atoms with Gasteiger partial charge in [0.1, 0.15) is 0 Å². The molecule has 0 heterocycles. The average molecular weight is 246 g/mol. The molecule has 0 rings (SSSR count). The lowest BCUT2D eigenvalue weighted by atomic mass is 10.1. The second-order valence-electron chi connectivity index (χ2n) is 2.48. The molecule has 0 bridgehead atoms. The van der Waals surface area contributed by atoms with Crippen LogP contribution in [0.15, 0.2) is 0 Å². The van der Waals surface area contributed by atoms with Crippen molar-refractivity contribution in [1.29, 1.82) is 0 Å². The molecule has 0 aliphatic rings. The summed E-state index contributed by atoms with van der Waals surface area (Å²) in [6.45, 7) is 0. The first-order valence-electron chi connectivity index (χ1n) is 2.98. The predicted molar refractivity (Wildman–Crippen MR) is 32.8 cm³/mol. The van der Waals surface area contributed by atoms with Crippen LogP contribution in [0.3, 0.4) is 0 Å². The second kappa shape index (κ2) is 3.71. The van der Waals surface area contributed by atoms with Crippen molar-refractivity contribution < 1.29 is 40.7 Å². The van der Waals surface area contributed by atoms with Crippen molar-refractivity contribution in [3.8, 4) is 0 Å². The minimum atomic E-state index is -6.03. The third kappa shape index (κ3) is 3.14. The molecule has 0 aromatic rings. The Labute approximate surface area is 73.9 Å². The fourth-order valence-electron chi connectivity index (χ4n) is 0.582. The van der Waals surface area contributed by atoms with Crippen molar-refractivity contribution in [2.24, 2.45) is 0 Å². The zero-order valence-corrected chi connectivity index (χ0v) is 7.20. The molecule has 0 radical (unpaired) electrons. The van der Waals surface area contributed by atoms with Crippen LogP contribution in [0, 0.1) is 0 Å². The molecule has 0 saturated heterocycles. The van der Waals surface area contributed by atoms with Gasteiger partial charge in [-0.3, -0.25) is 4.57 Å². The standard InChI is InChI=1S/C4H5F6O3P/c5-2(6)3(7,4(8,9)10)1-14(11,12)13/h2H,1H2,(H2,11,12,13). The molecule has 0 spiro atoms. The summed E-state index contributed by atoms with van der Waals surface area (Å²) in [6.07, 6.45) is -13.2. The van der Waals surface area contributed by atoms with E-state index >= 15 is 0 Å². The summed E-state index contributed by atoms with van der Waals surface area (Å²) in [4.78, 5) is 16.0. The maximum Gasteiger partial charge on any atom is 0.428 e. The van der Waals surface area contributed by atoms with Gasteiger partial charge in [0, 0.05) is 0 Å². The SMILES string of the molecule is O=P(O)(O)CC(F)(C(F)F)C(F)(F)F. The van der Waals surface area contributed by atoms with Crippen molar-refractivity contribution >= 4 is 7.60 Å². The fourth-order valence-corrected chi connectivity index (χ4v) is 1.50. The zero-order valence-electron chi connectivity index (χ0n) is 6.30. The van der Waals surface area contributed by atoms with Crippen LogP contribution >= 0.6 is 7.60 Å². The van der Waals surface area contributed by atoms with Gasteiger partial charge in [-0.15, -0.1) is 0 Å². The van der Waals surface area contributed by atoms with E-state index in [1.807, 2.05) is 0 Å². The van der Waals surface area contributed by atoms with E-state index in [0.29, 0.717) is 0 Å². The molecule has 10 heteroatoms. The molecule has 0 aliphatic heterocycles. The molecule has 0 aromatic heterocycles. The largest absolute Gasteiger partial charge is 0.428 e. The summed E-state index contributed by atoms with van der Waals surface area (Å²) < 4.78 is 81.0. The Balaban J connectivity index is 5.04. The smallest absolute Gasteiger partial charge is 0.324 e. The Bertz CT molecular complexity index is 246. The van der Waals surface area contributed by atoms with Crippen molar-refractivity contribution in [2.75, 3.05) is 6.16 Å². The topological polar surface area (TPSA) is 57.5 Å². The third-order valence-electron chi connectivity index (χ3n) is 1.25. The van der Waals surface area contributed by atoms with Crippen molar-refractivity contribution in [3.05, 3.63) is 0 Å². The molecule has 0 saturated carbocycles. The van der Waals surface area contributed by atoms with E-state index in [4.69, 9.17) is 9.79 Å². The minimum absolute atomic E-state index is 2.58. The predicted octanol–water partition coefficient (Wildman–Crippen LogP) is 1.70. The van der Waals surface area contributed by atoms with E-state index in [1.165, 1.54) is 0 Å². The molecular formula is C4H5F6O3P. The lowest BCUT2D eigenvalue weighted by Gasteiger charge is -2.26. The Morgan fingerprint density at radius 2 is 1.50 bits per heavy atom. The van der Waals surface area contributed by atoms with Gasteiger partial charge in [0.25, 0.3) is 12.1 Å². The molecule has 14 heavy (non-hydrogen) atoms. The number of hydrogen-bond donors (Lipinski definition) is 2. The highest BCUT2D eigenvalue weighted by Crippen LogP contribution is 2.49. The van der Waals surface area contributed by atoms with E-state index in [9.17, 15) is 30.9 Å². The van der Waals surface area contributed by atoms with Gasteiger partial charge in [0.05, 0.1) is 6.16 Å². The summed E-state index contributed by atoms with van der Waals surface area (Å²) in [6, 6.07) is 0. The van der Waals surface area contributed by atoms with E-state index in [2.05, 4.69) is 0 Å². The Morgan fingerprint density at radius 3 is 1.57 bits per heavy atom. The van der Waals surface area contributed by atoms with Gasteiger partial charge < -0.3 is 9.79 Å². The highest BCUT2D eigenvalue weighted by Gasteiger charge is 2.65. The molecule has 0 aromatic carbocycles. The van der Waals surface area contributed by atoms with E-state index < -0.39 is 32.0 Å². The van der Waals surface area contributed by atoms with Crippen LogP contribution in [-0.2, 0) is 4.57 Å². The van der Waals surface area contributed by atoms with Gasteiger partial charge in [0.15, 0.2) is 0 Å². The summed E-state index contributed by atoms with van der Waals surface area (Å²) in [7, 11) is -5.51. The number of rotatable bonds is 3. The second-order valence-corrected chi connectivity index (χ2v) is 4.13. The summed E-state index contributed by atoms with van der Waals surface area (Å²) >= 11 is 0. The molecule has 86 valence electrons. The molecule has 1 atom stereocenters. The summed E-state index contributed by atoms with van der Waals surface area (Å²) in [5.74, 6) is 0. The van der Waals surface area contributed by atoms with Crippen LogP contribution < -0.4 is 0 Å². The van der Waals surface area contributed by atoms with E-state index in [-0.39, 0.29) is 0 Å². The minimum Gasteiger partial charge on any atom is -0.324 e. The molecule has 0 fully saturated rings. The monoisotopic (exact) mass is 246 g/mol. The van der Waals surface area contributed by atoms with Gasteiger partial charge >= 0.3 is 13.8 Å². The molecule has 3 nitrogen and oxygen atoms in total. The molecule has 1 unspecified atom stereocenters. The van der Waals surface area contributed by atoms with Crippen molar-refractivity contribution in [1.82, 2.24) is 0 Å². The highest BCUT2D eigenvalue weighted by molar-refractivity contribution is 7.51. The lowest BCUT2D eigenvalue weighted by molar-refractivity contribution is -0.259. The van der Waals surface area contributed by atoms with Crippen LogP contribution in [0.25, 0.3) is 0 Å². The first-order valence-corrected chi connectivity index (χ1v) is 4.78. The third-order valence-corrected chi connectivity index (χ3v) is 2.13. The Hall–Kier alpha value is -0.270. The lowest BCUT2D eigenvalue weighted by Crippen LogP contribution is -2.50. The highest BCUT2D eigenvalue weighted by atomic mass is 31.2. The van der Waals surface area contributed by atoms with E-state index in [1.54, 1.807) is 0 Å². The van der Waals surface area contributed by atoms with Crippen LogP contribution in [0.1, 0.15) is 0 Å². The summed E-state index contributed by atoms with van der Waals surface area (Å²) in [5, 5.41) is 0. The van der Waals surface area contributed by atoms with Gasteiger partial charge in [-0.2, -0.15) is 13.2 Å². The maximum absolute atomic E-state index is 12.6. The first kappa shape index (κ1) is 13.7. The quantitative estimate of drug-likeness (QED) is 0.588. The maximum atomic E-state index is 12.6. The summed E-state index contributed by atoms with van der Waals surface area (Å²) in [5.41, 5.74) is -5.17. The van der Waals surface area contributed by atoms with Crippen LogP contribution in [0.2, 0.25) is 0 Å². The normalized spacial score (nSPS) is 18.4. The number of hydrogen-bond acceptors (Lipinski definition) is 1. The zero-order chi connectivity index (χ0) is 11.8. The van der Waals surface area contributed by atoms with Gasteiger partial charge in [-0.05, 0) is 0 Å². The van der Waals surface area contributed by atoms with Crippen molar-refractivity contribution in [3.63, 3.8) is 0 Å². The van der Waals surface area contributed by atoms with Crippen LogP contribution in [0.4, 0.5) is 26.3 Å². The van der Waals surface area contributed by atoms with Gasteiger partial charge in [-0.1, -0.05) is 0 Å². The van der Waals surface area contributed by atoms with Crippen LogP contribution in [-0.4, -0.2) is 34.2 Å². The van der Waals surface area contributed by atoms with Crippen molar-refractivity contribution in [2.45, 2.75) is 18.3 Å². The van der Waals surface area contributed by atoms with Gasteiger partial charge in [0.2, 0.25) is 0 Å². The van der Waals surface area contributed by atoms with E-state index in [0.717, 1.165) is 0 Å². The Kier molecular flexibility index (Phi) is 3.64. The van der Waals surface area contributed by atoms with Crippen LogP contribution in [0.5, 0.6) is 0 Å². The molecule has 0 amide bonds. The first-order chi connectivity index (χ1) is 5.90. The Morgan fingerprint density at radius 1 is 1.14 bits per heavy atom.